The third kappa shape index (κ3) is 4.90. The van der Waals surface area contributed by atoms with Crippen LogP contribution in [-0.2, 0) is 4.79 Å². The molecule has 0 aliphatic heterocycles. The molecule has 0 aromatic heterocycles. The predicted molar refractivity (Wildman–Crippen MR) is 76.8 cm³/mol. The van der Waals surface area contributed by atoms with Crippen molar-refractivity contribution < 1.29 is 19.4 Å². The normalized spacial score (nSPS) is 10.2. The number of carboxylic acid groups (broad SMARTS) is 1. The number of carbonyl (C=O) groups excluding carboxylic acids is 1. The summed E-state index contributed by atoms with van der Waals surface area (Å²) in [6.07, 6.45) is 1.18. The first-order chi connectivity index (χ1) is 9.45. The molecule has 0 atom stereocenters. The molecular formula is C13H15Cl2NO4. The van der Waals surface area contributed by atoms with Crippen molar-refractivity contribution in [2.45, 2.75) is 19.3 Å². The Morgan fingerprint density at radius 2 is 1.90 bits per heavy atom. The number of aliphatic carboxylic acids is 1. The second-order valence-corrected chi connectivity index (χ2v) is 4.89. The number of nitrogens with one attached hydrogen (secondary N) is 1. The first kappa shape index (κ1) is 16.6. The smallest absolute Gasteiger partial charge is 0.303 e. The zero-order valence-corrected chi connectivity index (χ0v) is 12.4. The maximum Gasteiger partial charge on any atom is 0.303 e. The Morgan fingerprint density at radius 3 is 2.50 bits per heavy atom. The van der Waals surface area contributed by atoms with Crippen LogP contribution in [0, 0.1) is 0 Å². The molecule has 0 radical (unpaired) electrons. The Hall–Kier alpha value is -1.46. The van der Waals surface area contributed by atoms with Crippen LogP contribution in [0.5, 0.6) is 5.75 Å². The third-order valence-corrected chi connectivity index (χ3v) is 3.31. The molecule has 0 aliphatic rings. The van der Waals surface area contributed by atoms with E-state index in [1.807, 2.05) is 0 Å². The Morgan fingerprint density at radius 1 is 1.25 bits per heavy atom. The minimum atomic E-state index is -0.845. The van der Waals surface area contributed by atoms with Crippen molar-refractivity contribution in [3.63, 3.8) is 0 Å². The standard InChI is InChI=1S/C13H15Cl2NO4/c1-20-11-7-10(15)9(14)6-8(11)13(19)16-5-3-2-4-12(17)18/h6-7H,2-5H2,1H3,(H,16,19)(H,17,18). The summed E-state index contributed by atoms with van der Waals surface area (Å²) in [5, 5.41) is 11.7. The number of amides is 1. The van der Waals surface area contributed by atoms with Gasteiger partial charge in [0, 0.05) is 19.0 Å². The first-order valence-corrected chi connectivity index (χ1v) is 6.74. The molecule has 110 valence electrons. The lowest BCUT2D eigenvalue weighted by atomic mass is 10.1. The van der Waals surface area contributed by atoms with Crippen molar-refractivity contribution in [1.82, 2.24) is 5.32 Å². The third-order valence-electron chi connectivity index (χ3n) is 2.59. The molecular weight excluding hydrogens is 305 g/mol. The molecule has 0 saturated heterocycles. The summed E-state index contributed by atoms with van der Waals surface area (Å²) in [5.74, 6) is -0.847. The van der Waals surface area contributed by atoms with Gasteiger partial charge in [0.15, 0.2) is 0 Å². The molecule has 0 unspecified atom stereocenters. The van der Waals surface area contributed by atoms with E-state index in [0.717, 1.165) is 0 Å². The summed E-state index contributed by atoms with van der Waals surface area (Å²) < 4.78 is 5.08. The van der Waals surface area contributed by atoms with E-state index < -0.39 is 5.97 Å². The van der Waals surface area contributed by atoms with Gasteiger partial charge in [0.2, 0.25) is 0 Å². The fourth-order valence-corrected chi connectivity index (χ4v) is 1.89. The summed E-state index contributed by atoms with van der Waals surface area (Å²) >= 11 is 11.7. The van der Waals surface area contributed by atoms with Crippen molar-refractivity contribution in [2.75, 3.05) is 13.7 Å². The number of carbonyl (C=O) groups is 2. The van der Waals surface area contributed by atoms with Crippen LogP contribution in [-0.4, -0.2) is 30.6 Å². The highest BCUT2D eigenvalue weighted by atomic mass is 35.5. The van der Waals surface area contributed by atoms with E-state index in [1.54, 1.807) is 0 Å². The van der Waals surface area contributed by atoms with E-state index in [0.29, 0.717) is 35.7 Å². The number of methoxy groups -OCH3 is 1. The topological polar surface area (TPSA) is 75.6 Å². The summed E-state index contributed by atoms with van der Waals surface area (Å²) in [4.78, 5) is 22.3. The molecule has 0 heterocycles. The maximum atomic E-state index is 12.0. The highest BCUT2D eigenvalue weighted by Gasteiger charge is 2.14. The highest BCUT2D eigenvalue weighted by molar-refractivity contribution is 6.42. The summed E-state index contributed by atoms with van der Waals surface area (Å²) in [6.45, 7) is 0.384. The molecule has 1 rings (SSSR count). The number of unbranched alkanes of at least 4 members (excludes halogenated alkanes) is 1. The van der Waals surface area contributed by atoms with Crippen LogP contribution in [0.15, 0.2) is 12.1 Å². The second kappa shape index (κ2) is 7.97. The van der Waals surface area contributed by atoms with Gasteiger partial charge >= 0.3 is 5.97 Å². The van der Waals surface area contributed by atoms with Gasteiger partial charge in [-0.3, -0.25) is 9.59 Å². The fourth-order valence-electron chi connectivity index (χ4n) is 1.57. The monoisotopic (exact) mass is 319 g/mol. The summed E-state index contributed by atoms with van der Waals surface area (Å²) in [5.41, 5.74) is 0.292. The van der Waals surface area contributed by atoms with Gasteiger partial charge in [0.05, 0.1) is 22.7 Å². The molecule has 2 N–H and O–H groups in total. The Balaban J connectivity index is 2.59. The van der Waals surface area contributed by atoms with E-state index in [2.05, 4.69) is 5.32 Å². The van der Waals surface area contributed by atoms with Crippen LogP contribution in [0.4, 0.5) is 0 Å². The first-order valence-electron chi connectivity index (χ1n) is 5.98. The zero-order valence-electron chi connectivity index (χ0n) is 10.9. The lowest BCUT2D eigenvalue weighted by Gasteiger charge is -2.10. The van der Waals surface area contributed by atoms with Crippen LogP contribution in [0.2, 0.25) is 10.0 Å². The molecule has 0 bridgehead atoms. The highest BCUT2D eigenvalue weighted by Crippen LogP contribution is 2.30. The number of ether oxygens (including phenoxy) is 1. The predicted octanol–water partition coefficient (Wildman–Crippen LogP) is 2.99. The quantitative estimate of drug-likeness (QED) is 0.757. The van der Waals surface area contributed by atoms with Gasteiger partial charge in [-0.2, -0.15) is 0 Å². The number of benzene rings is 1. The number of halogens is 2. The molecule has 0 aliphatic carbocycles. The van der Waals surface area contributed by atoms with Gasteiger partial charge in [0.25, 0.3) is 5.91 Å². The Kier molecular flexibility index (Phi) is 6.61. The molecule has 1 aromatic carbocycles. The molecule has 1 aromatic rings. The largest absolute Gasteiger partial charge is 0.496 e. The van der Waals surface area contributed by atoms with Crippen molar-refractivity contribution in [3.8, 4) is 5.75 Å². The van der Waals surface area contributed by atoms with E-state index in [4.69, 9.17) is 33.0 Å². The van der Waals surface area contributed by atoms with Crippen molar-refractivity contribution in [1.29, 1.82) is 0 Å². The number of carboxylic acids is 1. The van der Waals surface area contributed by atoms with E-state index in [9.17, 15) is 9.59 Å². The second-order valence-electron chi connectivity index (χ2n) is 4.07. The van der Waals surface area contributed by atoms with Crippen LogP contribution < -0.4 is 10.1 Å². The van der Waals surface area contributed by atoms with Gasteiger partial charge in [-0.25, -0.2) is 0 Å². The summed E-state index contributed by atoms with van der Waals surface area (Å²) in [6, 6.07) is 2.92. The van der Waals surface area contributed by atoms with Crippen molar-refractivity contribution in [2.24, 2.45) is 0 Å². The van der Waals surface area contributed by atoms with Crippen LogP contribution in [0.3, 0.4) is 0 Å². The SMILES string of the molecule is COc1cc(Cl)c(Cl)cc1C(=O)NCCCCC(=O)O. The van der Waals surface area contributed by atoms with E-state index in [-0.39, 0.29) is 17.4 Å². The van der Waals surface area contributed by atoms with Gasteiger partial charge in [0.1, 0.15) is 5.75 Å². The van der Waals surface area contributed by atoms with E-state index >= 15 is 0 Å². The van der Waals surface area contributed by atoms with Crippen LogP contribution >= 0.6 is 23.2 Å². The van der Waals surface area contributed by atoms with Gasteiger partial charge in [-0.05, 0) is 18.9 Å². The van der Waals surface area contributed by atoms with Crippen LogP contribution in [0.1, 0.15) is 29.6 Å². The fraction of sp³-hybridized carbons (Fsp3) is 0.385. The molecule has 1 amide bonds. The van der Waals surface area contributed by atoms with Crippen LogP contribution in [0.25, 0.3) is 0 Å². The van der Waals surface area contributed by atoms with Crippen molar-refractivity contribution >= 4 is 35.1 Å². The maximum absolute atomic E-state index is 12.0. The minimum Gasteiger partial charge on any atom is -0.496 e. The molecule has 7 heteroatoms. The Bertz CT molecular complexity index is 505. The number of rotatable bonds is 7. The molecule has 5 nitrogen and oxygen atoms in total. The average Bonchev–Trinajstić information content (AvgIpc) is 2.40. The zero-order chi connectivity index (χ0) is 15.1. The molecule has 0 saturated carbocycles. The van der Waals surface area contributed by atoms with Gasteiger partial charge in [-0.15, -0.1) is 0 Å². The van der Waals surface area contributed by atoms with E-state index in [1.165, 1.54) is 19.2 Å². The number of hydrogen-bond donors (Lipinski definition) is 2. The molecule has 0 fully saturated rings. The molecule has 0 spiro atoms. The van der Waals surface area contributed by atoms with Gasteiger partial charge in [-0.1, -0.05) is 23.2 Å². The summed E-state index contributed by atoms with van der Waals surface area (Å²) in [7, 11) is 1.43. The Labute approximate surface area is 126 Å². The molecule has 20 heavy (non-hydrogen) atoms. The average molecular weight is 320 g/mol. The van der Waals surface area contributed by atoms with Crippen molar-refractivity contribution in [3.05, 3.63) is 27.7 Å². The lowest BCUT2D eigenvalue weighted by Crippen LogP contribution is -2.25. The minimum absolute atomic E-state index is 0.0893. The van der Waals surface area contributed by atoms with Gasteiger partial charge < -0.3 is 15.2 Å². The number of hydrogen-bond acceptors (Lipinski definition) is 3. The lowest BCUT2D eigenvalue weighted by molar-refractivity contribution is -0.137.